The molecule has 0 aliphatic heterocycles. The van der Waals surface area contributed by atoms with Crippen molar-refractivity contribution in [3.05, 3.63) is 0 Å². The smallest absolute Gasteiger partial charge is 0.397 e. The number of carbonyl (C=O) groups excluding carboxylic acids is 2. The minimum Gasteiger partial charge on any atom is -0.459 e. The predicted molar refractivity (Wildman–Crippen MR) is 63.0 cm³/mol. The Balaban J connectivity index is 4.23. The quantitative estimate of drug-likeness (QED) is 0.495. The Bertz CT molecular complexity index is 208. The molecular weight excluding hydrogens is 206 g/mol. The Hall–Kier alpha value is -1.06. The van der Waals surface area contributed by atoms with Crippen LogP contribution in [0.25, 0.3) is 0 Å². The zero-order valence-electron chi connectivity index (χ0n) is 10.6. The average molecular weight is 229 g/mol. The first-order valence-corrected chi connectivity index (χ1v) is 6.13. The number of carbonyl (C=O) groups is 2. The highest BCUT2D eigenvalue weighted by molar-refractivity contribution is 6.32. The highest BCUT2D eigenvalue weighted by Gasteiger charge is 2.21. The topological polar surface area (TPSA) is 46.6 Å². The first kappa shape index (κ1) is 14.9. The van der Waals surface area contributed by atoms with Crippen LogP contribution in [0.1, 0.15) is 46.5 Å². The third-order valence-electron chi connectivity index (χ3n) is 2.30. The Morgan fingerprint density at radius 1 is 1.00 bits per heavy atom. The maximum absolute atomic E-state index is 11.7. The van der Waals surface area contributed by atoms with Crippen LogP contribution in [0.5, 0.6) is 0 Å². The monoisotopic (exact) mass is 229 g/mol. The fourth-order valence-electron chi connectivity index (χ4n) is 1.33. The van der Waals surface area contributed by atoms with Gasteiger partial charge in [-0.1, -0.05) is 26.7 Å². The Morgan fingerprint density at radius 2 is 1.50 bits per heavy atom. The highest BCUT2D eigenvalue weighted by atomic mass is 16.5. The van der Waals surface area contributed by atoms with Crippen LogP contribution in [0, 0.1) is 0 Å². The summed E-state index contributed by atoms with van der Waals surface area (Å²) in [4.78, 5) is 24.6. The van der Waals surface area contributed by atoms with E-state index in [9.17, 15) is 9.59 Å². The van der Waals surface area contributed by atoms with E-state index in [2.05, 4.69) is 13.8 Å². The van der Waals surface area contributed by atoms with Gasteiger partial charge in [-0.2, -0.15) is 0 Å². The molecule has 0 saturated carbocycles. The molecule has 0 aromatic rings. The molecule has 0 aliphatic carbocycles. The molecule has 0 aromatic heterocycles. The summed E-state index contributed by atoms with van der Waals surface area (Å²) in [6.45, 7) is 7.37. The van der Waals surface area contributed by atoms with E-state index in [4.69, 9.17) is 4.74 Å². The molecule has 0 radical (unpaired) electrons. The molecule has 4 heteroatoms. The summed E-state index contributed by atoms with van der Waals surface area (Å²) in [5.41, 5.74) is 0. The van der Waals surface area contributed by atoms with E-state index < -0.39 is 11.9 Å². The van der Waals surface area contributed by atoms with Crippen LogP contribution in [-0.4, -0.2) is 36.5 Å². The van der Waals surface area contributed by atoms with Crippen LogP contribution in [0.2, 0.25) is 0 Å². The lowest BCUT2D eigenvalue weighted by atomic mass is 10.2. The van der Waals surface area contributed by atoms with Crippen LogP contribution in [-0.2, 0) is 14.3 Å². The van der Waals surface area contributed by atoms with Crippen molar-refractivity contribution in [3.8, 4) is 0 Å². The number of ether oxygens (including phenoxy) is 1. The molecule has 4 nitrogen and oxygen atoms in total. The van der Waals surface area contributed by atoms with Gasteiger partial charge in [0.05, 0.1) is 6.61 Å². The lowest BCUT2D eigenvalue weighted by molar-refractivity contribution is -0.159. The van der Waals surface area contributed by atoms with Crippen LogP contribution >= 0.6 is 0 Å². The van der Waals surface area contributed by atoms with Crippen molar-refractivity contribution in [1.82, 2.24) is 4.90 Å². The molecule has 0 fully saturated rings. The molecule has 0 aliphatic rings. The van der Waals surface area contributed by atoms with Gasteiger partial charge in [-0.25, -0.2) is 4.79 Å². The molecule has 0 heterocycles. The number of amides is 1. The van der Waals surface area contributed by atoms with E-state index in [0.717, 1.165) is 25.7 Å². The summed E-state index contributed by atoms with van der Waals surface area (Å²) < 4.78 is 4.71. The van der Waals surface area contributed by atoms with Gasteiger partial charge in [0.25, 0.3) is 0 Å². The van der Waals surface area contributed by atoms with Crippen LogP contribution in [0.3, 0.4) is 0 Å². The number of rotatable bonds is 7. The summed E-state index contributed by atoms with van der Waals surface area (Å²) in [7, 11) is 0. The van der Waals surface area contributed by atoms with E-state index in [1.807, 2.05) is 0 Å². The standard InChI is InChI=1S/C12H23NO3/c1-4-7-9-13(10-8-5-2)11(14)12(15)16-6-3/h4-10H2,1-3H3. The molecular formula is C12H23NO3. The van der Waals surface area contributed by atoms with Crippen molar-refractivity contribution < 1.29 is 14.3 Å². The molecule has 0 saturated heterocycles. The zero-order chi connectivity index (χ0) is 12.4. The molecule has 0 unspecified atom stereocenters. The first-order chi connectivity index (χ1) is 7.67. The second-order valence-corrected chi connectivity index (χ2v) is 3.72. The van der Waals surface area contributed by atoms with E-state index >= 15 is 0 Å². The molecule has 0 N–H and O–H groups in total. The summed E-state index contributed by atoms with van der Waals surface area (Å²) in [6.07, 6.45) is 3.88. The minimum absolute atomic E-state index is 0.250. The van der Waals surface area contributed by atoms with Gasteiger partial charge in [0, 0.05) is 13.1 Å². The third kappa shape index (κ3) is 5.73. The molecule has 0 aromatic carbocycles. The number of unbranched alkanes of at least 4 members (excludes halogenated alkanes) is 2. The SMILES string of the molecule is CCCCN(CCCC)C(=O)C(=O)OCC. The predicted octanol–water partition coefficient (Wildman–Crippen LogP) is 1.98. The Labute approximate surface area is 98.0 Å². The lowest BCUT2D eigenvalue weighted by Crippen LogP contribution is -2.39. The van der Waals surface area contributed by atoms with E-state index in [0.29, 0.717) is 13.1 Å². The van der Waals surface area contributed by atoms with Crippen LogP contribution in [0.15, 0.2) is 0 Å². The van der Waals surface area contributed by atoms with E-state index in [-0.39, 0.29) is 6.61 Å². The number of hydrogen-bond donors (Lipinski definition) is 0. The van der Waals surface area contributed by atoms with Crippen molar-refractivity contribution in [1.29, 1.82) is 0 Å². The summed E-state index contributed by atoms with van der Waals surface area (Å²) in [5.74, 6) is -1.22. The van der Waals surface area contributed by atoms with E-state index in [1.54, 1.807) is 11.8 Å². The fourth-order valence-corrected chi connectivity index (χ4v) is 1.33. The van der Waals surface area contributed by atoms with E-state index in [1.165, 1.54) is 0 Å². The number of hydrogen-bond acceptors (Lipinski definition) is 3. The molecule has 94 valence electrons. The van der Waals surface area contributed by atoms with Crippen molar-refractivity contribution in [2.45, 2.75) is 46.5 Å². The molecule has 16 heavy (non-hydrogen) atoms. The maximum atomic E-state index is 11.7. The lowest BCUT2D eigenvalue weighted by Gasteiger charge is -2.20. The Kier molecular flexibility index (Phi) is 8.58. The van der Waals surface area contributed by atoms with Crippen molar-refractivity contribution in [2.24, 2.45) is 0 Å². The van der Waals surface area contributed by atoms with Crippen LogP contribution < -0.4 is 0 Å². The van der Waals surface area contributed by atoms with Crippen LogP contribution in [0.4, 0.5) is 0 Å². The number of nitrogens with zero attached hydrogens (tertiary/aromatic N) is 1. The van der Waals surface area contributed by atoms with Gasteiger partial charge in [0.1, 0.15) is 0 Å². The third-order valence-corrected chi connectivity index (χ3v) is 2.30. The normalized spacial score (nSPS) is 9.94. The number of esters is 1. The highest BCUT2D eigenvalue weighted by Crippen LogP contribution is 2.01. The van der Waals surface area contributed by atoms with Gasteiger partial charge in [0.2, 0.25) is 0 Å². The van der Waals surface area contributed by atoms with Gasteiger partial charge < -0.3 is 9.64 Å². The van der Waals surface area contributed by atoms with Crippen molar-refractivity contribution in [2.75, 3.05) is 19.7 Å². The van der Waals surface area contributed by atoms with Crippen molar-refractivity contribution >= 4 is 11.9 Å². The van der Waals surface area contributed by atoms with Gasteiger partial charge in [-0.3, -0.25) is 4.79 Å². The summed E-state index contributed by atoms with van der Waals surface area (Å²) in [6, 6.07) is 0. The molecule has 1 amide bonds. The second-order valence-electron chi connectivity index (χ2n) is 3.72. The van der Waals surface area contributed by atoms with Crippen molar-refractivity contribution in [3.63, 3.8) is 0 Å². The van der Waals surface area contributed by atoms with Gasteiger partial charge in [0.15, 0.2) is 0 Å². The maximum Gasteiger partial charge on any atom is 0.397 e. The largest absolute Gasteiger partial charge is 0.459 e. The van der Waals surface area contributed by atoms with Gasteiger partial charge in [-0.05, 0) is 19.8 Å². The Morgan fingerprint density at radius 3 is 1.88 bits per heavy atom. The average Bonchev–Trinajstić information content (AvgIpc) is 2.29. The van der Waals surface area contributed by atoms with Gasteiger partial charge in [-0.15, -0.1) is 0 Å². The first-order valence-electron chi connectivity index (χ1n) is 6.13. The molecule has 0 atom stereocenters. The summed E-state index contributed by atoms with van der Waals surface area (Å²) in [5, 5.41) is 0. The minimum atomic E-state index is -0.727. The molecule has 0 rings (SSSR count). The molecule has 0 bridgehead atoms. The summed E-state index contributed by atoms with van der Waals surface area (Å²) >= 11 is 0. The zero-order valence-corrected chi connectivity index (χ0v) is 10.6. The fraction of sp³-hybridized carbons (Fsp3) is 0.833. The molecule has 0 spiro atoms. The second kappa shape index (κ2) is 9.19. The van der Waals surface area contributed by atoms with Gasteiger partial charge >= 0.3 is 11.9 Å².